The smallest absolute Gasteiger partial charge is 0.317 e. The van der Waals surface area contributed by atoms with Crippen LogP contribution in [0.3, 0.4) is 0 Å². The first-order chi connectivity index (χ1) is 8.64. The summed E-state index contributed by atoms with van der Waals surface area (Å²) in [5, 5.41) is 12.0. The van der Waals surface area contributed by atoms with Crippen molar-refractivity contribution in [2.24, 2.45) is 5.41 Å². The van der Waals surface area contributed by atoms with Gasteiger partial charge in [-0.05, 0) is 13.3 Å². The lowest BCUT2D eigenvalue weighted by Crippen LogP contribution is -2.41. The number of amides is 2. The molecule has 0 aromatic heterocycles. The number of carboxylic acid groups (broad SMARTS) is 1. The molecule has 6 heteroatoms. The second kappa shape index (κ2) is 6.03. The van der Waals surface area contributed by atoms with Gasteiger partial charge in [0.1, 0.15) is 0 Å². The molecule has 110 valence electrons. The van der Waals surface area contributed by atoms with Crippen LogP contribution in [-0.4, -0.2) is 52.1 Å². The van der Waals surface area contributed by atoms with Gasteiger partial charge in [-0.15, -0.1) is 0 Å². The van der Waals surface area contributed by atoms with Gasteiger partial charge in [0.2, 0.25) is 0 Å². The number of likely N-dealkylation sites (tertiary alicyclic amines) is 1. The van der Waals surface area contributed by atoms with E-state index in [1.807, 2.05) is 0 Å². The van der Waals surface area contributed by atoms with E-state index >= 15 is 0 Å². The van der Waals surface area contributed by atoms with Gasteiger partial charge in [0.25, 0.3) is 0 Å². The Morgan fingerprint density at radius 2 is 2.05 bits per heavy atom. The minimum Gasteiger partial charge on any atom is -0.481 e. The van der Waals surface area contributed by atoms with Crippen molar-refractivity contribution >= 4 is 23.8 Å². The Balaban J connectivity index is 2.31. The highest BCUT2D eigenvalue weighted by Gasteiger charge is 2.42. The second-order valence-corrected chi connectivity index (χ2v) is 8.15. The number of hydrogen-bond acceptors (Lipinski definition) is 3. The molecule has 1 fully saturated rings. The van der Waals surface area contributed by atoms with E-state index in [1.54, 1.807) is 23.6 Å². The topological polar surface area (TPSA) is 69.6 Å². The number of hydrogen-bond donors (Lipinski definition) is 2. The monoisotopic (exact) mass is 288 g/mol. The van der Waals surface area contributed by atoms with E-state index in [2.05, 4.69) is 26.1 Å². The van der Waals surface area contributed by atoms with Crippen molar-refractivity contribution in [3.8, 4) is 0 Å². The molecule has 1 heterocycles. The molecule has 1 aliphatic rings. The Labute approximate surface area is 119 Å². The van der Waals surface area contributed by atoms with Gasteiger partial charge in [0, 0.05) is 30.1 Å². The molecule has 1 rings (SSSR count). The van der Waals surface area contributed by atoms with E-state index in [0.29, 0.717) is 26.1 Å². The van der Waals surface area contributed by atoms with Crippen LogP contribution in [-0.2, 0) is 4.79 Å². The summed E-state index contributed by atoms with van der Waals surface area (Å²) < 4.78 is 0.195. The van der Waals surface area contributed by atoms with Crippen LogP contribution < -0.4 is 5.32 Å². The Morgan fingerprint density at radius 3 is 2.53 bits per heavy atom. The lowest BCUT2D eigenvalue weighted by molar-refractivity contribution is -0.146. The highest BCUT2D eigenvalue weighted by molar-refractivity contribution is 8.00. The predicted octanol–water partition coefficient (Wildman–Crippen LogP) is 2.02. The van der Waals surface area contributed by atoms with Crippen LogP contribution >= 0.6 is 11.8 Å². The molecular weight excluding hydrogens is 264 g/mol. The first kappa shape index (κ1) is 16.1. The number of nitrogens with zero attached hydrogens (tertiary/aromatic N) is 1. The van der Waals surface area contributed by atoms with Gasteiger partial charge in [0.15, 0.2) is 0 Å². The summed E-state index contributed by atoms with van der Waals surface area (Å²) in [5.74, 6) is 0.0327. The van der Waals surface area contributed by atoms with Gasteiger partial charge >= 0.3 is 12.0 Å². The van der Waals surface area contributed by atoms with Gasteiger partial charge in [-0.3, -0.25) is 4.79 Å². The maximum Gasteiger partial charge on any atom is 0.317 e. The maximum absolute atomic E-state index is 11.9. The zero-order valence-corrected chi connectivity index (χ0v) is 13.0. The van der Waals surface area contributed by atoms with Crippen molar-refractivity contribution in [1.29, 1.82) is 0 Å². The van der Waals surface area contributed by atoms with Crippen molar-refractivity contribution in [2.45, 2.75) is 38.9 Å². The molecule has 2 N–H and O–H groups in total. The fourth-order valence-electron chi connectivity index (χ4n) is 1.94. The molecule has 1 aliphatic heterocycles. The van der Waals surface area contributed by atoms with E-state index in [9.17, 15) is 9.59 Å². The summed E-state index contributed by atoms with van der Waals surface area (Å²) in [4.78, 5) is 24.6. The average Bonchev–Trinajstić information content (AvgIpc) is 2.67. The summed E-state index contributed by atoms with van der Waals surface area (Å²) in [6.45, 7) is 9.52. The minimum absolute atomic E-state index is 0.153. The Bertz CT molecular complexity index is 354. The molecule has 1 unspecified atom stereocenters. The highest BCUT2D eigenvalue weighted by atomic mass is 32.2. The molecule has 1 atom stereocenters. The first-order valence-corrected chi connectivity index (χ1v) is 7.53. The summed E-state index contributed by atoms with van der Waals surface area (Å²) >= 11 is 1.80. The highest BCUT2D eigenvalue weighted by Crippen LogP contribution is 2.30. The summed E-state index contributed by atoms with van der Waals surface area (Å²) in [6, 6.07) is -0.153. The predicted molar refractivity (Wildman–Crippen MR) is 77.5 cm³/mol. The molecule has 0 aromatic carbocycles. The lowest BCUT2D eigenvalue weighted by Gasteiger charge is -2.21. The van der Waals surface area contributed by atoms with Crippen molar-refractivity contribution in [2.75, 3.05) is 25.4 Å². The fraction of sp³-hybridized carbons (Fsp3) is 0.846. The van der Waals surface area contributed by atoms with Gasteiger partial charge < -0.3 is 15.3 Å². The van der Waals surface area contributed by atoms with Gasteiger partial charge in [-0.25, -0.2) is 4.79 Å². The van der Waals surface area contributed by atoms with E-state index in [1.165, 1.54) is 0 Å². The molecule has 1 saturated heterocycles. The van der Waals surface area contributed by atoms with Crippen LogP contribution in [0.4, 0.5) is 4.79 Å². The third kappa shape index (κ3) is 4.93. The van der Waals surface area contributed by atoms with Gasteiger partial charge in [-0.1, -0.05) is 20.8 Å². The standard InChI is InChI=1S/C13H24N2O3S/c1-12(2,3)19-8-6-14-11(18)15-7-5-13(4,9-15)10(16)17/h5-9H2,1-4H3,(H,14,18)(H,16,17). The first-order valence-electron chi connectivity index (χ1n) is 6.54. The maximum atomic E-state index is 11.9. The van der Waals surface area contributed by atoms with Crippen LogP contribution in [0.2, 0.25) is 0 Å². The largest absolute Gasteiger partial charge is 0.481 e. The fourth-order valence-corrected chi connectivity index (χ4v) is 2.75. The normalized spacial score (nSPS) is 23.5. The summed E-state index contributed by atoms with van der Waals surface area (Å²) in [7, 11) is 0. The third-order valence-corrected chi connectivity index (χ3v) is 4.46. The Hall–Kier alpha value is -0.910. The van der Waals surface area contributed by atoms with Crippen molar-refractivity contribution in [3.63, 3.8) is 0 Å². The van der Waals surface area contributed by atoms with Crippen molar-refractivity contribution in [3.05, 3.63) is 0 Å². The number of aliphatic carboxylic acids is 1. The van der Waals surface area contributed by atoms with E-state index in [-0.39, 0.29) is 10.8 Å². The molecule has 0 aliphatic carbocycles. The van der Waals surface area contributed by atoms with E-state index in [0.717, 1.165) is 5.75 Å². The zero-order chi connectivity index (χ0) is 14.7. The quantitative estimate of drug-likeness (QED) is 0.777. The molecule has 0 saturated carbocycles. The van der Waals surface area contributed by atoms with Gasteiger partial charge in [-0.2, -0.15) is 11.8 Å². The van der Waals surface area contributed by atoms with Crippen molar-refractivity contribution in [1.82, 2.24) is 10.2 Å². The van der Waals surface area contributed by atoms with Crippen LogP contribution in [0, 0.1) is 5.41 Å². The third-order valence-electron chi connectivity index (χ3n) is 3.19. The summed E-state index contributed by atoms with van der Waals surface area (Å²) in [6.07, 6.45) is 0.520. The molecular formula is C13H24N2O3S. The molecule has 19 heavy (non-hydrogen) atoms. The molecule has 0 bridgehead atoms. The zero-order valence-electron chi connectivity index (χ0n) is 12.2. The van der Waals surface area contributed by atoms with Crippen LogP contribution in [0.15, 0.2) is 0 Å². The minimum atomic E-state index is -0.828. The number of carbonyl (C=O) groups excluding carboxylic acids is 1. The van der Waals surface area contributed by atoms with Crippen molar-refractivity contribution < 1.29 is 14.7 Å². The van der Waals surface area contributed by atoms with Crippen LogP contribution in [0.1, 0.15) is 34.1 Å². The second-order valence-electron chi connectivity index (χ2n) is 6.23. The number of carboxylic acids is 1. The number of nitrogens with one attached hydrogen (secondary N) is 1. The SMILES string of the molecule is CC(C)(C)SCCNC(=O)N1CCC(C)(C(=O)O)C1. The number of carbonyl (C=O) groups is 2. The molecule has 5 nitrogen and oxygen atoms in total. The molecule has 0 spiro atoms. The number of rotatable bonds is 4. The lowest BCUT2D eigenvalue weighted by atomic mass is 9.90. The van der Waals surface area contributed by atoms with Crippen LogP contribution in [0.5, 0.6) is 0 Å². The Kier molecular flexibility index (Phi) is 5.12. The molecule has 0 aromatic rings. The summed E-state index contributed by atoms with van der Waals surface area (Å²) in [5.41, 5.74) is -0.794. The van der Waals surface area contributed by atoms with Gasteiger partial charge in [0.05, 0.1) is 5.41 Å². The van der Waals surface area contributed by atoms with Crippen LogP contribution in [0.25, 0.3) is 0 Å². The van der Waals surface area contributed by atoms with E-state index in [4.69, 9.17) is 5.11 Å². The molecule has 2 amide bonds. The number of thioether (sulfide) groups is 1. The Morgan fingerprint density at radius 1 is 1.42 bits per heavy atom. The average molecular weight is 288 g/mol. The molecule has 0 radical (unpaired) electrons. The number of urea groups is 1. The van der Waals surface area contributed by atoms with E-state index < -0.39 is 11.4 Å².